The van der Waals surface area contributed by atoms with Gasteiger partial charge in [-0.25, -0.2) is 18.9 Å². The van der Waals surface area contributed by atoms with Gasteiger partial charge in [-0.3, -0.25) is 10.1 Å². The van der Waals surface area contributed by atoms with Crippen molar-refractivity contribution in [3.8, 4) is 11.3 Å². The Morgan fingerprint density at radius 3 is 2.96 bits per heavy atom. The second kappa shape index (κ2) is 5.82. The number of anilines is 1. The number of thiazole rings is 1. The lowest BCUT2D eigenvalue weighted by Crippen LogP contribution is -2.13. The standard InChI is InChI=1S/C16H10FN5OS/c17-11-3-1-2-10(8-11)13-9-22-14(20-13)12(4-5-19-22)15(23)21-16-18-6-7-24-16/h1-9H,(H,18,21,23). The summed E-state index contributed by atoms with van der Waals surface area (Å²) in [6.07, 6.45) is 4.78. The maximum Gasteiger partial charge on any atom is 0.261 e. The molecule has 0 aliphatic carbocycles. The first-order valence-electron chi connectivity index (χ1n) is 7.02. The van der Waals surface area contributed by atoms with Gasteiger partial charge in [-0.2, -0.15) is 5.10 Å². The zero-order valence-electron chi connectivity index (χ0n) is 12.2. The number of hydrogen-bond acceptors (Lipinski definition) is 5. The molecule has 1 aromatic carbocycles. The van der Waals surface area contributed by atoms with Crippen molar-refractivity contribution >= 4 is 28.0 Å². The van der Waals surface area contributed by atoms with E-state index in [-0.39, 0.29) is 11.7 Å². The summed E-state index contributed by atoms with van der Waals surface area (Å²) in [5.74, 6) is -0.673. The number of nitrogens with one attached hydrogen (secondary N) is 1. The minimum Gasteiger partial charge on any atom is -0.298 e. The number of aromatic nitrogens is 4. The number of imidazole rings is 1. The topological polar surface area (TPSA) is 72.2 Å². The van der Waals surface area contributed by atoms with Gasteiger partial charge in [-0.05, 0) is 18.2 Å². The van der Waals surface area contributed by atoms with Crippen LogP contribution in [0.5, 0.6) is 0 Å². The van der Waals surface area contributed by atoms with E-state index < -0.39 is 0 Å². The van der Waals surface area contributed by atoms with Crippen LogP contribution in [0.1, 0.15) is 10.4 Å². The van der Waals surface area contributed by atoms with E-state index in [2.05, 4.69) is 20.4 Å². The monoisotopic (exact) mass is 339 g/mol. The van der Waals surface area contributed by atoms with Crippen LogP contribution in [0.3, 0.4) is 0 Å². The lowest BCUT2D eigenvalue weighted by molar-refractivity contribution is 0.102. The smallest absolute Gasteiger partial charge is 0.261 e. The molecule has 24 heavy (non-hydrogen) atoms. The van der Waals surface area contributed by atoms with E-state index in [0.29, 0.717) is 27.6 Å². The number of rotatable bonds is 3. The zero-order chi connectivity index (χ0) is 16.5. The number of benzene rings is 1. The predicted octanol–water partition coefficient (Wildman–Crippen LogP) is 3.24. The van der Waals surface area contributed by atoms with Gasteiger partial charge in [-0.15, -0.1) is 11.3 Å². The Morgan fingerprint density at radius 1 is 1.25 bits per heavy atom. The number of amides is 1. The fourth-order valence-corrected chi connectivity index (χ4v) is 2.83. The SMILES string of the molecule is O=C(Nc1nccs1)c1ccnn2cc(-c3cccc(F)c3)nc12. The first-order valence-corrected chi connectivity index (χ1v) is 7.90. The molecule has 0 saturated heterocycles. The second-order valence-corrected chi connectivity index (χ2v) is 5.84. The van der Waals surface area contributed by atoms with Crippen LogP contribution in [-0.4, -0.2) is 25.5 Å². The third-order valence-electron chi connectivity index (χ3n) is 3.38. The maximum atomic E-state index is 13.4. The summed E-state index contributed by atoms with van der Waals surface area (Å²) in [6, 6.07) is 7.69. The number of nitrogens with zero attached hydrogens (tertiary/aromatic N) is 4. The van der Waals surface area contributed by atoms with Crippen LogP contribution in [0.15, 0.2) is 54.3 Å². The van der Waals surface area contributed by atoms with E-state index in [4.69, 9.17) is 0 Å². The summed E-state index contributed by atoms with van der Waals surface area (Å²) in [4.78, 5) is 20.9. The molecule has 118 valence electrons. The molecule has 3 heterocycles. The quantitative estimate of drug-likeness (QED) is 0.622. The van der Waals surface area contributed by atoms with Gasteiger partial charge in [0.05, 0.1) is 17.5 Å². The Morgan fingerprint density at radius 2 is 2.17 bits per heavy atom. The lowest BCUT2D eigenvalue weighted by Gasteiger charge is -2.02. The first kappa shape index (κ1) is 14.5. The highest BCUT2D eigenvalue weighted by molar-refractivity contribution is 7.13. The van der Waals surface area contributed by atoms with E-state index in [1.54, 1.807) is 36.0 Å². The van der Waals surface area contributed by atoms with E-state index >= 15 is 0 Å². The van der Waals surface area contributed by atoms with Gasteiger partial charge >= 0.3 is 0 Å². The van der Waals surface area contributed by atoms with Crippen LogP contribution in [0, 0.1) is 5.82 Å². The molecule has 0 saturated carbocycles. The Hall–Kier alpha value is -3.13. The Bertz CT molecular complexity index is 1030. The maximum absolute atomic E-state index is 13.4. The summed E-state index contributed by atoms with van der Waals surface area (Å²) in [5.41, 5.74) is 1.91. The molecule has 1 N–H and O–H groups in total. The average molecular weight is 339 g/mol. The highest BCUT2D eigenvalue weighted by Crippen LogP contribution is 2.21. The van der Waals surface area contributed by atoms with Crippen molar-refractivity contribution in [1.29, 1.82) is 0 Å². The molecule has 4 aromatic rings. The van der Waals surface area contributed by atoms with Gasteiger partial charge in [0.25, 0.3) is 5.91 Å². The number of fused-ring (bicyclic) bond motifs is 1. The van der Waals surface area contributed by atoms with E-state index in [1.807, 2.05) is 0 Å². The van der Waals surface area contributed by atoms with Crippen LogP contribution >= 0.6 is 11.3 Å². The number of carbonyl (C=O) groups excluding carboxylic acids is 1. The molecule has 0 aliphatic heterocycles. The van der Waals surface area contributed by atoms with Gasteiger partial charge in [0.1, 0.15) is 5.82 Å². The molecule has 0 radical (unpaired) electrons. The lowest BCUT2D eigenvalue weighted by atomic mass is 10.2. The van der Waals surface area contributed by atoms with Crippen LogP contribution in [0.25, 0.3) is 16.9 Å². The Kier molecular flexibility index (Phi) is 3.51. The molecular formula is C16H10FN5OS. The van der Waals surface area contributed by atoms with Crippen molar-refractivity contribution in [2.24, 2.45) is 0 Å². The molecule has 0 aliphatic rings. The largest absolute Gasteiger partial charge is 0.298 e. The first-order chi connectivity index (χ1) is 11.7. The summed E-state index contributed by atoms with van der Waals surface area (Å²) in [5, 5.41) is 9.15. The number of hydrogen-bond donors (Lipinski definition) is 1. The summed E-state index contributed by atoms with van der Waals surface area (Å²) < 4.78 is 14.9. The minimum absolute atomic E-state index is 0.325. The third-order valence-corrected chi connectivity index (χ3v) is 4.07. The van der Waals surface area contributed by atoms with Gasteiger partial charge in [0, 0.05) is 23.3 Å². The normalized spacial score (nSPS) is 10.9. The predicted molar refractivity (Wildman–Crippen MR) is 88.4 cm³/mol. The van der Waals surface area contributed by atoms with Crippen LogP contribution in [0.2, 0.25) is 0 Å². The highest BCUT2D eigenvalue weighted by atomic mass is 32.1. The molecule has 8 heteroatoms. The fraction of sp³-hybridized carbons (Fsp3) is 0. The Labute approximate surface area is 139 Å². The Balaban J connectivity index is 1.76. The fourth-order valence-electron chi connectivity index (χ4n) is 2.31. The average Bonchev–Trinajstić information content (AvgIpc) is 3.23. The summed E-state index contributed by atoms with van der Waals surface area (Å²) in [7, 11) is 0. The molecular weight excluding hydrogens is 329 g/mol. The molecule has 0 fully saturated rings. The van der Waals surface area contributed by atoms with Gasteiger partial charge < -0.3 is 0 Å². The van der Waals surface area contributed by atoms with Crippen molar-refractivity contribution in [3.63, 3.8) is 0 Å². The van der Waals surface area contributed by atoms with Crippen molar-refractivity contribution in [1.82, 2.24) is 19.6 Å². The van der Waals surface area contributed by atoms with Crippen LogP contribution in [0.4, 0.5) is 9.52 Å². The van der Waals surface area contributed by atoms with Gasteiger partial charge in [0.15, 0.2) is 10.8 Å². The minimum atomic E-state index is -0.348. The summed E-state index contributed by atoms with van der Waals surface area (Å²) >= 11 is 1.33. The van der Waals surface area contributed by atoms with Crippen molar-refractivity contribution in [3.05, 3.63) is 65.7 Å². The molecule has 1 amide bonds. The molecule has 0 atom stereocenters. The molecule has 3 aromatic heterocycles. The number of carbonyl (C=O) groups is 1. The van der Waals surface area contributed by atoms with Crippen LogP contribution < -0.4 is 5.32 Å². The van der Waals surface area contributed by atoms with E-state index in [1.165, 1.54) is 34.2 Å². The van der Waals surface area contributed by atoms with E-state index in [9.17, 15) is 9.18 Å². The third kappa shape index (κ3) is 2.63. The van der Waals surface area contributed by atoms with E-state index in [0.717, 1.165) is 0 Å². The van der Waals surface area contributed by atoms with Crippen LogP contribution in [-0.2, 0) is 0 Å². The zero-order valence-corrected chi connectivity index (χ0v) is 13.0. The summed E-state index contributed by atoms with van der Waals surface area (Å²) in [6.45, 7) is 0. The highest BCUT2D eigenvalue weighted by Gasteiger charge is 2.15. The molecule has 0 spiro atoms. The molecule has 0 bridgehead atoms. The van der Waals surface area contributed by atoms with Gasteiger partial charge in [0.2, 0.25) is 0 Å². The molecule has 6 nitrogen and oxygen atoms in total. The van der Waals surface area contributed by atoms with Crippen molar-refractivity contribution in [2.45, 2.75) is 0 Å². The molecule has 0 unspecified atom stereocenters. The van der Waals surface area contributed by atoms with Crippen molar-refractivity contribution < 1.29 is 9.18 Å². The van der Waals surface area contributed by atoms with Crippen molar-refractivity contribution in [2.75, 3.05) is 5.32 Å². The van der Waals surface area contributed by atoms with Gasteiger partial charge in [-0.1, -0.05) is 12.1 Å². The second-order valence-electron chi connectivity index (χ2n) is 4.94. The molecule has 4 rings (SSSR count). The number of halogens is 1.